The Balaban J connectivity index is 2.24. The van der Waals surface area contributed by atoms with Crippen molar-refractivity contribution < 1.29 is 0 Å². The van der Waals surface area contributed by atoms with Crippen LogP contribution in [0.25, 0.3) is 0 Å². The molecule has 0 radical (unpaired) electrons. The van der Waals surface area contributed by atoms with E-state index in [0.717, 1.165) is 13.1 Å². The number of anilines is 2. The molecule has 0 spiro atoms. The van der Waals surface area contributed by atoms with Crippen molar-refractivity contribution in [2.45, 2.75) is 33.1 Å². The van der Waals surface area contributed by atoms with E-state index in [9.17, 15) is 0 Å². The number of hydrogen-bond acceptors (Lipinski definition) is 2. The van der Waals surface area contributed by atoms with E-state index in [1.807, 2.05) is 0 Å². The zero-order chi connectivity index (χ0) is 10.7. The van der Waals surface area contributed by atoms with Gasteiger partial charge in [-0.05, 0) is 43.0 Å². The molecule has 0 aromatic heterocycles. The Hall–Kier alpha value is -1.18. The van der Waals surface area contributed by atoms with Crippen LogP contribution in [0.4, 0.5) is 11.4 Å². The van der Waals surface area contributed by atoms with E-state index in [2.05, 4.69) is 36.6 Å². The SMILES string of the molecule is CCCCc1cc2c(cc1C)NCCN2. The minimum absolute atomic E-state index is 1.03. The van der Waals surface area contributed by atoms with E-state index >= 15 is 0 Å². The summed E-state index contributed by atoms with van der Waals surface area (Å²) in [7, 11) is 0. The average molecular weight is 204 g/mol. The third-order valence-corrected chi connectivity index (χ3v) is 3.03. The van der Waals surface area contributed by atoms with Gasteiger partial charge in [0.2, 0.25) is 0 Å². The molecule has 2 rings (SSSR count). The summed E-state index contributed by atoms with van der Waals surface area (Å²) in [6, 6.07) is 4.58. The van der Waals surface area contributed by atoms with Gasteiger partial charge in [0.05, 0.1) is 11.4 Å². The largest absolute Gasteiger partial charge is 0.382 e. The summed E-state index contributed by atoms with van der Waals surface area (Å²) in [5.41, 5.74) is 5.45. The number of fused-ring (bicyclic) bond motifs is 1. The first kappa shape index (κ1) is 10.3. The predicted octanol–water partition coefficient (Wildman–Crippen LogP) is 3.18. The van der Waals surface area contributed by atoms with Gasteiger partial charge in [-0.2, -0.15) is 0 Å². The van der Waals surface area contributed by atoms with Crippen LogP contribution in [0.1, 0.15) is 30.9 Å². The molecule has 0 fully saturated rings. The summed E-state index contributed by atoms with van der Waals surface area (Å²) in [6.45, 7) is 6.51. The maximum absolute atomic E-state index is 3.44. The van der Waals surface area contributed by atoms with Gasteiger partial charge in [-0.15, -0.1) is 0 Å². The first-order chi connectivity index (χ1) is 7.31. The molecule has 0 saturated heterocycles. The molecule has 0 saturated carbocycles. The van der Waals surface area contributed by atoms with Crippen LogP contribution in [0.15, 0.2) is 12.1 Å². The quantitative estimate of drug-likeness (QED) is 0.790. The molecule has 2 nitrogen and oxygen atoms in total. The van der Waals surface area contributed by atoms with Crippen LogP contribution >= 0.6 is 0 Å². The number of hydrogen-bond donors (Lipinski definition) is 2. The lowest BCUT2D eigenvalue weighted by Gasteiger charge is -2.22. The lowest BCUT2D eigenvalue weighted by Crippen LogP contribution is -2.20. The van der Waals surface area contributed by atoms with Crippen LogP contribution in [0.3, 0.4) is 0 Å². The maximum Gasteiger partial charge on any atom is 0.0579 e. The third kappa shape index (κ3) is 2.25. The second kappa shape index (κ2) is 4.56. The third-order valence-electron chi connectivity index (χ3n) is 3.03. The minimum Gasteiger partial charge on any atom is -0.382 e. The number of unbranched alkanes of at least 4 members (excludes halogenated alkanes) is 1. The van der Waals surface area contributed by atoms with Crippen LogP contribution in [0, 0.1) is 6.92 Å². The lowest BCUT2D eigenvalue weighted by molar-refractivity contribution is 0.791. The molecule has 82 valence electrons. The van der Waals surface area contributed by atoms with E-state index in [1.165, 1.54) is 41.8 Å². The Morgan fingerprint density at radius 3 is 2.47 bits per heavy atom. The van der Waals surface area contributed by atoms with Gasteiger partial charge in [-0.1, -0.05) is 13.3 Å². The van der Waals surface area contributed by atoms with Crippen molar-refractivity contribution >= 4 is 11.4 Å². The molecule has 1 aromatic carbocycles. The van der Waals surface area contributed by atoms with E-state index in [1.54, 1.807) is 0 Å². The van der Waals surface area contributed by atoms with Crippen molar-refractivity contribution in [2.75, 3.05) is 23.7 Å². The van der Waals surface area contributed by atoms with Crippen molar-refractivity contribution in [2.24, 2.45) is 0 Å². The van der Waals surface area contributed by atoms with Gasteiger partial charge < -0.3 is 10.6 Å². The molecule has 1 aromatic rings. The van der Waals surface area contributed by atoms with Gasteiger partial charge in [0, 0.05) is 13.1 Å². The molecule has 2 heteroatoms. The topological polar surface area (TPSA) is 24.1 Å². The zero-order valence-electron chi connectivity index (χ0n) is 9.69. The van der Waals surface area contributed by atoms with Crippen LogP contribution in [-0.4, -0.2) is 13.1 Å². The van der Waals surface area contributed by atoms with Crippen LogP contribution in [0.2, 0.25) is 0 Å². The summed E-state index contributed by atoms with van der Waals surface area (Å²) in [5, 5.41) is 6.87. The highest BCUT2D eigenvalue weighted by molar-refractivity contribution is 5.72. The molecule has 1 heterocycles. The first-order valence-electron chi connectivity index (χ1n) is 5.92. The second-order valence-corrected chi connectivity index (χ2v) is 4.28. The fourth-order valence-corrected chi connectivity index (χ4v) is 2.08. The molecule has 0 aliphatic carbocycles. The van der Waals surface area contributed by atoms with Crippen LogP contribution < -0.4 is 10.6 Å². The molecule has 1 aliphatic rings. The van der Waals surface area contributed by atoms with Crippen molar-refractivity contribution in [3.05, 3.63) is 23.3 Å². The van der Waals surface area contributed by atoms with Crippen molar-refractivity contribution in [1.82, 2.24) is 0 Å². The first-order valence-corrected chi connectivity index (χ1v) is 5.92. The molecular formula is C13H20N2. The van der Waals surface area contributed by atoms with Crippen molar-refractivity contribution in [1.29, 1.82) is 0 Å². The number of nitrogens with one attached hydrogen (secondary N) is 2. The van der Waals surface area contributed by atoms with Crippen molar-refractivity contribution in [3.63, 3.8) is 0 Å². The Kier molecular flexibility index (Phi) is 3.14. The van der Waals surface area contributed by atoms with Gasteiger partial charge in [-0.3, -0.25) is 0 Å². The van der Waals surface area contributed by atoms with Gasteiger partial charge in [0.1, 0.15) is 0 Å². The maximum atomic E-state index is 3.44. The highest BCUT2D eigenvalue weighted by Crippen LogP contribution is 2.28. The Morgan fingerprint density at radius 1 is 1.13 bits per heavy atom. The molecule has 0 bridgehead atoms. The normalized spacial score (nSPS) is 14.0. The second-order valence-electron chi connectivity index (χ2n) is 4.28. The molecule has 15 heavy (non-hydrogen) atoms. The Morgan fingerprint density at radius 2 is 1.80 bits per heavy atom. The molecule has 0 amide bonds. The number of benzene rings is 1. The predicted molar refractivity (Wildman–Crippen MR) is 66.8 cm³/mol. The molecule has 0 atom stereocenters. The van der Waals surface area contributed by atoms with Gasteiger partial charge in [0.15, 0.2) is 0 Å². The highest BCUT2D eigenvalue weighted by Gasteiger charge is 2.10. The average Bonchev–Trinajstić information content (AvgIpc) is 2.26. The van der Waals surface area contributed by atoms with Crippen LogP contribution in [0.5, 0.6) is 0 Å². The number of aryl methyl sites for hydroxylation is 2. The molecular weight excluding hydrogens is 184 g/mol. The van der Waals surface area contributed by atoms with Gasteiger partial charge in [0.25, 0.3) is 0 Å². The standard InChI is InChI=1S/C13H20N2/c1-3-4-5-11-9-13-12(8-10(11)2)14-6-7-15-13/h8-9,14-15H,3-7H2,1-2H3. The summed E-state index contributed by atoms with van der Waals surface area (Å²) in [4.78, 5) is 0. The molecule has 0 unspecified atom stereocenters. The Bertz CT molecular complexity index is 345. The van der Waals surface area contributed by atoms with E-state index in [0.29, 0.717) is 0 Å². The molecule has 1 aliphatic heterocycles. The lowest BCUT2D eigenvalue weighted by atomic mass is 10.0. The van der Waals surface area contributed by atoms with Gasteiger partial charge in [-0.25, -0.2) is 0 Å². The monoisotopic (exact) mass is 204 g/mol. The van der Waals surface area contributed by atoms with E-state index < -0.39 is 0 Å². The van der Waals surface area contributed by atoms with Gasteiger partial charge >= 0.3 is 0 Å². The van der Waals surface area contributed by atoms with Crippen LogP contribution in [-0.2, 0) is 6.42 Å². The number of rotatable bonds is 3. The van der Waals surface area contributed by atoms with E-state index in [4.69, 9.17) is 0 Å². The summed E-state index contributed by atoms with van der Waals surface area (Å²) in [5.74, 6) is 0. The minimum atomic E-state index is 1.03. The smallest absolute Gasteiger partial charge is 0.0579 e. The zero-order valence-corrected chi connectivity index (χ0v) is 9.69. The summed E-state index contributed by atoms with van der Waals surface area (Å²) >= 11 is 0. The highest BCUT2D eigenvalue weighted by atomic mass is 15.0. The fourth-order valence-electron chi connectivity index (χ4n) is 2.08. The fraction of sp³-hybridized carbons (Fsp3) is 0.538. The molecule has 2 N–H and O–H groups in total. The Labute approximate surface area is 92.1 Å². The summed E-state index contributed by atoms with van der Waals surface area (Å²) < 4.78 is 0. The summed E-state index contributed by atoms with van der Waals surface area (Å²) in [6.07, 6.45) is 3.76. The van der Waals surface area contributed by atoms with E-state index in [-0.39, 0.29) is 0 Å². The van der Waals surface area contributed by atoms with Crippen molar-refractivity contribution in [3.8, 4) is 0 Å².